The number of fused-ring (bicyclic) bond motifs is 1. The molecule has 25 heavy (non-hydrogen) atoms. The molecule has 0 saturated carbocycles. The first-order valence-corrected chi connectivity index (χ1v) is 8.34. The molecule has 0 N–H and O–H groups in total. The van der Waals surface area contributed by atoms with Crippen molar-refractivity contribution in [3.63, 3.8) is 0 Å². The maximum atomic E-state index is 12.1. The van der Waals surface area contributed by atoms with Crippen LogP contribution in [-0.4, -0.2) is 26.6 Å². The summed E-state index contributed by atoms with van der Waals surface area (Å²) in [4.78, 5) is 21.2. The van der Waals surface area contributed by atoms with Crippen LogP contribution in [0.1, 0.15) is 30.6 Å². The number of halogens is 1. The van der Waals surface area contributed by atoms with Crippen LogP contribution in [0.3, 0.4) is 0 Å². The monoisotopic (exact) mass is 350 g/mol. The Morgan fingerprint density at radius 3 is 2.56 bits per heavy atom. The van der Waals surface area contributed by atoms with Crippen molar-refractivity contribution in [2.24, 2.45) is 5.10 Å². The lowest BCUT2D eigenvalue weighted by atomic mass is 10.0. The van der Waals surface area contributed by atoms with E-state index in [9.17, 15) is 4.79 Å². The van der Waals surface area contributed by atoms with Crippen LogP contribution in [0, 0.1) is 0 Å². The van der Waals surface area contributed by atoms with Gasteiger partial charge in [0.1, 0.15) is 6.04 Å². The number of rotatable bonds is 2. The Labute approximate surface area is 150 Å². The number of carbonyl (C=O) groups is 1. The van der Waals surface area contributed by atoms with Crippen molar-refractivity contribution >= 4 is 34.3 Å². The Kier molecular flexibility index (Phi) is 3.93. The Morgan fingerprint density at radius 1 is 1.12 bits per heavy atom. The highest BCUT2D eigenvalue weighted by Gasteiger charge is 2.32. The summed E-state index contributed by atoms with van der Waals surface area (Å²) < 4.78 is 0. The smallest absolute Gasteiger partial charge is 0.240 e. The second-order valence-corrected chi connectivity index (χ2v) is 6.36. The van der Waals surface area contributed by atoms with Crippen molar-refractivity contribution in [3.05, 3.63) is 71.0 Å². The van der Waals surface area contributed by atoms with E-state index < -0.39 is 0 Å². The minimum Gasteiger partial charge on any atom is -0.273 e. The number of amides is 1. The molecule has 1 aliphatic heterocycles. The minimum absolute atomic E-state index is 0.121. The Balaban J connectivity index is 1.71. The maximum absolute atomic E-state index is 12.1. The summed E-state index contributed by atoms with van der Waals surface area (Å²) in [5.41, 5.74) is 4.17. The average molecular weight is 351 g/mol. The fourth-order valence-electron chi connectivity index (χ4n) is 2.98. The third-order valence-corrected chi connectivity index (χ3v) is 4.47. The fraction of sp³-hybridized carbons (Fsp3) is 0.158. The maximum Gasteiger partial charge on any atom is 0.240 e. The third kappa shape index (κ3) is 2.98. The van der Waals surface area contributed by atoms with Crippen molar-refractivity contribution in [1.29, 1.82) is 0 Å². The lowest BCUT2D eigenvalue weighted by molar-refractivity contribution is -0.130. The fourth-order valence-corrected chi connectivity index (χ4v) is 3.11. The van der Waals surface area contributed by atoms with Gasteiger partial charge in [0.25, 0.3) is 0 Å². The molecule has 2 heterocycles. The molecule has 1 amide bonds. The molecule has 3 aromatic rings. The number of hydrazone groups is 1. The van der Waals surface area contributed by atoms with E-state index in [0.29, 0.717) is 11.4 Å². The van der Waals surface area contributed by atoms with Gasteiger partial charge in [0.05, 0.1) is 28.6 Å². The molecule has 1 atom stereocenters. The van der Waals surface area contributed by atoms with Gasteiger partial charge in [-0.1, -0.05) is 35.9 Å². The van der Waals surface area contributed by atoms with Gasteiger partial charge in [-0.05, 0) is 29.8 Å². The Morgan fingerprint density at radius 2 is 1.84 bits per heavy atom. The molecule has 0 fully saturated rings. The largest absolute Gasteiger partial charge is 0.273 e. The number of hydrogen-bond donors (Lipinski definition) is 0. The van der Waals surface area contributed by atoms with Crippen molar-refractivity contribution in [1.82, 2.24) is 15.0 Å². The third-order valence-electron chi connectivity index (χ3n) is 4.22. The highest BCUT2D eigenvalue weighted by Crippen LogP contribution is 2.32. The van der Waals surface area contributed by atoms with Crippen molar-refractivity contribution in [2.75, 3.05) is 0 Å². The van der Waals surface area contributed by atoms with E-state index in [-0.39, 0.29) is 11.9 Å². The lowest BCUT2D eigenvalue weighted by Gasteiger charge is -2.19. The highest BCUT2D eigenvalue weighted by atomic mass is 35.5. The predicted octanol–water partition coefficient (Wildman–Crippen LogP) is 3.98. The normalized spacial score (nSPS) is 17.0. The molecule has 1 aliphatic rings. The van der Waals surface area contributed by atoms with Crippen LogP contribution in [-0.2, 0) is 4.79 Å². The predicted molar refractivity (Wildman–Crippen MR) is 97.4 cm³/mol. The first kappa shape index (κ1) is 15.7. The van der Waals surface area contributed by atoms with Gasteiger partial charge in [-0.2, -0.15) is 5.10 Å². The molecule has 0 spiro atoms. The summed E-state index contributed by atoms with van der Waals surface area (Å²) in [6.45, 7) is 1.51. The number of benzene rings is 2. The second kappa shape index (κ2) is 6.26. The molecule has 6 heteroatoms. The molecular formula is C19H15ClN4O. The molecule has 1 aromatic heterocycles. The van der Waals surface area contributed by atoms with Crippen LogP contribution < -0.4 is 0 Å². The van der Waals surface area contributed by atoms with Gasteiger partial charge in [0.2, 0.25) is 5.91 Å². The van der Waals surface area contributed by atoms with Gasteiger partial charge in [0, 0.05) is 18.4 Å². The number of para-hydroxylation sites is 2. The number of nitrogens with zero attached hydrogens (tertiary/aromatic N) is 4. The van der Waals surface area contributed by atoms with Crippen molar-refractivity contribution in [3.8, 4) is 0 Å². The molecule has 5 nitrogen and oxygen atoms in total. The highest BCUT2D eigenvalue weighted by molar-refractivity contribution is 6.30. The Bertz CT molecular complexity index is 984. The molecule has 0 aliphatic carbocycles. The zero-order valence-corrected chi connectivity index (χ0v) is 14.3. The quantitative estimate of drug-likeness (QED) is 0.702. The molecular weight excluding hydrogens is 336 g/mol. The molecule has 2 aromatic carbocycles. The number of carbonyl (C=O) groups excluding carboxylic acids is 1. The van der Waals surface area contributed by atoms with E-state index in [4.69, 9.17) is 11.6 Å². The molecule has 0 radical (unpaired) electrons. The molecule has 1 unspecified atom stereocenters. The summed E-state index contributed by atoms with van der Waals surface area (Å²) >= 11 is 5.95. The van der Waals surface area contributed by atoms with E-state index in [1.165, 1.54) is 11.9 Å². The summed E-state index contributed by atoms with van der Waals surface area (Å²) in [5.74, 6) is -0.121. The number of aromatic nitrogens is 2. The second-order valence-electron chi connectivity index (χ2n) is 5.92. The minimum atomic E-state index is -0.250. The summed E-state index contributed by atoms with van der Waals surface area (Å²) in [6.07, 6.45) is 2.32. The van der Waals surface area contributed by atoms with E-state index in [2.05, 4.69) is 15.1 Å². The van der Waals surface area contributed by atoms with Gasteiger partial charge < -0.3 is 0 Å². The van der Waals surface area contributed by atoms with Gasteiger partial charge in [0.15, 0.2) is 0 Å². The van der Waals surface area contributed by atoms with Crippen LogP contribution in [0.25, 0.3) is 11.0 Å². The lowest BCUT2D eigenvalue weighted by Crippen LogP contribution is -2.25. The van der Waals surface area contributed by atoms with Crippen LogP contribution >= 0.6 is 11.6 Å². The Hall–Kier alpha value is -2.79. The van der Waals surface area contributed by atoms with Crippen LogP contribution in [0.2, 0.25) is 5.02 Å². The van der Waals surface area contributed by atoms with E-state index >= 15 is 0 Å². The number of hydrogen-bond acceptors (Lipinski definition) is 4. The van der Waals surface area contributed by atoms with Crippen molar-refractivity contribution in [2.45, 2.75) is 19.4 Å². The summed E-state index contributed by atoms with van der Waals surface area (Å²) in [5, 5.41) is 6.67. The standard InChI is InChI=1S/C19H15ClN4O/c1-12(25)24-19(10-17(23-24)13-6-8-14(20)9-7-13)18-11-21-15-4-2-3-5-16(15)22-18/h2-9,11,19H,10H2,1H3. The average Bonchev–Trinajstić information content (AvgIpc) is 3.07. The van der Waals surface area contributed by atoms with Gasteiger partial charge in [-0.15, -0.1) is 0 Å². The van der Waals surface area contributed by atoms with Crippen LogP contribution in [0.5, 0.6) is 0 Å². The SMILES string of the molecule is CC(=O)N1N=C(c2ccc(Cl)cc2)CC1c1cnc2ccccc2n1. The van der Waals surface area contributed by atoms with E-state index in [1.54, 1.807) is 6.20 Å². The topological polar surface area (TPSA) is 58.5 Å². The first-order chi connectivity index (χ1) is 12.1. The van der Waals surface area contributed by atoms with E-state index in [0.717, 1.165) is 28.0 Å². The van der Waals surface area contributed by atoms with Gasteiger partial charge in [-0.25, -0.2) is 9.99 Å². The van der Waals surface area contributed by atoms with Gasteiger partial charge in [-0.3, -0.25) is 9.78 Å². The van der Waals surface area contributed by atoms with Gasteiger partial charge >= 0.3 is 0 Å². The summed E-state index contributed by atoms with van der Waals surface area (Å²) in [7, 11) is 0. The van der Waals surface area contributed by atoms with Crippen molar-refractivity contribution < 1.29 is 4.79 Å². The molecule has 0 saturated heterocycles. The van der Waals surface area contributed by atoms with Crippen LogP contribution in [0.4, 0.5) is 0 Å². The van der Waals surface area contributed by atoms with E-state index in [1.807, 2.05) is 48.5 Å². The molecule has 0 bridgehead atoms. The zero-order valence-electron chi connectivity index (χ0n) is 13.6. The molecule has 124 valence electrons. The first-order valence-electron chi connectivity index (χ1n) is 7.97. The summed E-state index contributed by atoms with van der Waals surface area (Å²) in [6, 6.07) is 14.9. The van der Waals surface area contributed by atoms with Crippen LogP contribution in [0.15, 0.2) is 59.8 Å². The molecule has 4 rings (SSSR count). The zero-order chi connectivity index (χ0) is 17.4.